The fourth-order valence-corrected chi connectivity index (χ4v) is 3.75. The summed E-state index contributed by atoms with van der Waals surface area (Å²) in [5.74, 6) is 0. The van der Waals surface area contributed by atoms with Gasteiger partial charge in [0.2, 0.25) is 0 Å². The molecule has 9 heteroatoms. The third-order valence-corrected chi connectivity index (χ3v) is 4.84. The van der Waals surface area contributed by atoms with Crippen molar-refractivity contribution in [2.45, 2.75) is 6.92 Å². The normalized spacial score (nSPS) is 22.8. The van der Waals surface area contributed by atoms with E-state index in [-0.39, 0.29) is 0 Å². The Morgan fingerprint density at radius 2 is 1.93 bits per heavy atom. The quantitative estimate of drug-likeness (QED) is 0.317. The highest BCUT2D eigenvalue weighted by Crippen LogP contribution is 2.55. The van der Waals surface area contributed by atoms with Crippen LogP contribution >= 0.6 is 7.29 Å². The van der Waals surface area contributed by atoms with E-state index in [9.17, 15) is 21.8 Å². The zero-order valence-corrected chi connectivity index (χ0v) is 9.10. The fourth-order valence-electron chi connectivity index (χ4n) is 1.34. The molecule has 0 spiro atoms. The number of hydrogen-bond acceptors (Lipinski definition) is 1. The maximum absolute atomic E-state index is 11.6. The van der Waals surface area contributed by atoms with Crippen molar-refractivity contribution in [3.05, 3.63) is 12.4 Å². The number of aromatic nitrogens is 2. The lowest BCUT2D eigenvalue weighted by Gasteiger charge is -1.94. The number of fused-ring (bicyclic) bond motifs is 1. The minimum absolute atomic E-state index is 0.761. The first-order valence-corrected chi connectivity index (χ1v) is 6.09. The monoisotopic (exact) mass is 244 g/mol. The van der Waals surface area contributed by atoms with E-state index in [2.05, 4.69) is 0 Å². The van der Waals surface area contributed by atoms with E-state index in [0.29, 0.717) is 0 Å². The van der Waals surface area contributed by atoms with Crippen LogP contribution in [0, 0.1) is 0 Å². The zero-order chi connectivity index (χ0) is 11.9. The molecule has 1 aliphatic heterocycles. The van der Waals surface area contributed by atoms with Gasteiger partial charge in [0.25, 0.3) is 0 Å². The van der Waals surface area contributed by atoms with Gasteiger partial charge in [0.05, 0.1) is 7.05 Å². The summed E-state index contributed by atoms with van der Waals surface area (Å²) in [7, 11) is -6.05. The second-order valence-corrected chi connectivity index (χ2v) is 5.93. The molecule has 2 rings (SSSR count). The van der Waals surface area contributed by atoms with Crippen LogP contribution in [0.25, 0.3) is 0 Å². The molecule has 0 aromatic carbocycles. The third kappa shape index (κ3) is 2.62. The Labute approximate surface area is 84.2 Å². The number of hydrogen-bond donors (Lipinski definition) is 0. The van der Waals surface area contributed by atoms with Gasteiger partial charge in [-0.25, -0.2) is 4.57 Å². The van der Waals surface area contributed by atoms with Crippen LogP contribution in [-0.2, 0) is 11.6 Å². The Hall–Kier alpha value is -0.775. The average Bonchev–Trinajstić information content (AvgIpc) is 2.41. The first-order valence-electron chi connectivity index (χ1n) is 4.25. The average molecular weight is 244 g/mol. The van der Waals surface area contributed by atoms with Gasteiger partial charge >= 0.3 is 20.1 Å². The molecule has 1 aromatic rings. The lowest BCUT2D eigenvalue weighted by molar-refractivity contribution is -0.650. The van der Waals surface area contributed by atoms with E-state index in [1.54, 1.807) is 0 Å². The van der Waals surface area contributed by atoms with E-state index >= 15 is 0 Å². The van der Waals surface area contributed by atoms with Crippen molar-refractivity contribution in [2.75, 3.05) is 6.16 Å². The van der Waals surface area contributed by atoms with Crippen LogP contribution in [0.15, 0.2) is 12.4 Å². The molecule has 1 atom stereocenters. The molecule has 0 fully saturated rings. The van der Waals surface area contributed by atoms with E-state index in [4.69, 9.17) is 0 Å². The summed E-state index contributed by atoms with van der Waals surface area (Å²) in [6, 6.07) is 0. The molecule has 1 aliphatic rings. The molecular weight excluding hydrogens is 234 g/mol. The first-order chi connectivity index (χ1) is 6.70. The van der Waals surface area contributed by atoms with E-state index in [1.165, 1.54) is 0 Å². The van der Waals surface area contributed by atoms with Crippen LogP contribution in [0.4, 0.5) is 17.3 Å². The number of rotatable bonds is 1. The SMILES string of the molecule is CCP1(=O)c2n1cc[n+]2C.F[B-](F)(F)F. The maximum atomic E-state index is 11.6. The molecule has 1 aromatic heterocycles. The summed E-state index contributed by atoms with van der Waals surface area (Å²) in [5.41, 5.74) is 1.01. The van der Waals surface area contributed by atoms with Gasteiger partial charge in [-0.15, -0.1) is 0 Å². The molecule has 2 heterocycles. The van der Waals surface area contributed by atoms with E-state index < -0.39 is 14.5 Å². The topological polar surface area (TPSA) is 25.9 Å². The number of halogens is 4. The first kappa shape index (κ1) is 12.3. The maximum Gasteiger partial charge on any atom is 0.673 e. The van der Waals surface area contributed by atoms with Crippen LogP contribution in [0.3, 0.4) is 0 Å². The third-order valence-electron chi connectivity index (χ3n) is 2.00. The molecular formula is C6H10BF4N2OP. The Bertz CT molecular complexity index is 410. The van der Waals surface area contributed by atoms with E-state index in [1.807, 2.05) is 35.3 Å². The van der Waals surface area contributed by atoms with Crippen molar-refractivity contribution < 1.29 is 26.4 Å². The van der Waals surface area contributed by atoms with Crippen molar-refractivity contribution in [3.63, 3.8) is 0 Å². The smallest absolute Gasteiger partial charge is 0.418 e. The molecule has 1 unspecified atom stereocenters. The van der Waals surface area contributed by atoms with Crippen molar-refractivity contribution in [2.24, 2.45) is 7.05 Å². The predicted octanol–water partition coefficient (Wildman–Crippen LogP) is 1.40. The molecule has 0 aliphatic carbocycles. The van der Waals surface area contributed by atoms with Crippen LogP contribution in [0.2, 0.25) is 0 Å². The van der Waals surface area contributed by atoms with Crippen molar-refractivity contribution in [3.8, 4) is 0 Å². The standard InChI is InChI=1S/C6H10N2OP.BF4/c1-3-10(9)6-7(2)4-5-8(6)10;2-1(3,4)5/h4-5H,3H2,1-2H3;/q+1;-1. The molecule has 0 saturated heterocycles. The summed E-state index contributed by atoms with van der Waals surface area (Å²) in [4.78, 5) is 0. The fraction of sp³-hybridized carbons (Fsp3) is 0.500. The predicted molar refractivity (Wildman–Crippen MR) is 49.0 cm³/mol. The molecule has 86 valence electrons. The molecule has 0 saturated carbocycles. The Kier molecular flexibility index (Phi) is 3.00. The summed E-state index contributed by atoms with van der Waals surface area (Å²) in [5, 5.41) is 0. The lowest BCUT2D eigenvalue weighted by atomic mass is 10.3. The molecule has 0 amide bonds. The Balaban J connectivity index is 0.000000195. The van der Waals surface area contributed by atoms with Gasteiger partial charge in [-0.1, -0.05) is 6.92 Å². The number of nitrogens with zero attached hydrogens (tertiary/aromatic N) is 2. The van der Waals surface area contributed by atoms with Crippen LogP contribution in [0.5, 0.6) is 0 Å². The van der Waals surface area contributed by atoms with Crippen molar-refractivity contribution in [1.82, 2.24) is 4.34 Å². The minimum Gasteiger partial charge on any atom is -0.418 e. The van der Waals surface area contributed by atoms with Crippen LogP contribution in [-0.4, -0.2) is 17.8 Å². The molecule has 15 heavy (non-hydrogen) atoms. The molecule has 0 radical (unpaired) electrons. The molecule has 3 nitrogen and oxygen atoms in total. The van der Waals surface area contributed by atoms with Crippen molar-refractivity contribution >= 4 is 20.1 Å². The van der Waals surface area contributed by atoms with Crippen LogP contribution < -0.4 is 10.1 Å². The zero-order valence-electron chi connectivity index (χ0n) is 8.20. The summed E-state index contributed by atoms with van der Waals surface area (Å²) in [6.45, 7) is 1.97. The number of imidazole rings is 1. The minimum atomic E-state index is -6.00. The van der Waals surface area contributed by atoms with Crippen molar-refractivity contribution in [1.29, 1.82) is 0 Å². The summed E-state index contributed by atoms with van der Waals surface area (Å²) in [6.07, 6.45) is 4.58. The molecule has 0 bridgehead atoms. The number of aryl methyl sites for hydroxylation is 1. The second-order valence-electron chi connectivity index (χ2n) is 3.07. The van der Waals surface area contributed by atoms with Gasteiger partial charge in [0.1, 0.15) is 12.4 Å². The Morgan fingerprint density at radius 1 is 1.47 bits per heavy atom. The van der Waals surface area contributed by atoms with Gasteiger partial charge in [-0.3, -0.25) is 4.57 Å². The Morgan fingerprint density at radius 3 is 2.13 bits per heavy atom. The summed E-state index contributed by atoms with van der Waals surface area (Å²) >= 11 is 0. The second kappa shape index (κ2) is 3.66. The molecule has 0 N–H and O–H groups in total. The van der Waals surface area contributed by atoms with E-state index in [0.717, 1.165) is 11.7 Å². The van der Waals surface area contributed by atoms with Gasteiger partial charge in [-0.05, 0) is 0 Å². The van der Waals surface area contributed by atoms with Crippen LogP contribution in [0.1, 0.15) is 6.92 Å². The van der Waals surface area contributed by atoms with Gasteiger partial charge < -0.3 is 17.3 Å². The van der Waals surface area contributed by atoms with Gasteiger partial charge in [-0.2, -0.15) is 4.34 Å². The summed E-state index contributed by atoms with van der Waals surface area (Å²) < 4.78 is 54.5. The van der Waals surface area contributed by atoms with Gasteiger partial charge in [0, 0.05) is 6.16 Å². The van der Waals surface area contributed by atoms with Gasteiger partial charge in [0.15, 0.2) is 0 Å². The lowest BCUT2D eigenvalue weighted by Crippen LogP contribution is -2.36. The largest absolute Gasteiger partial charge is 0.673 e. The highest BCUT2D eigenvalue weighted by atomic mass is 31.2. The highest BCUT2D eigenvalue weighted by molar-refractivity contribution is 7.76. The highest BCUT2D eigenvalue weighted by Gasteiger charge is 2.57.